The molecule has 0 radical (unpaired) electrons. The van der Waals surface area contributed by atoms with Crippen LogP contribution in [0.15, 0.2) is 18.7 Å². The normalized spacial score (nSPS) is 29.3. The molecule has 1 heterocycles. The molecule has 4 nitrogen and oxygen atoms in total. The number of esters is 2. The summed E-state index contributed by atoms with van der Waals surface area (Å²) in [6.45, 7) is 3.74. The number of carbonyl (C=O) groups excluding carboxylic acids is 2. The minimum atomic E-state index is -0.618. The first kappa shape index (κ1) is 17.3. The molecule has 0 saturated carbocycles. The van der Waals surface area contributed by atoms with Crippen LogP contribution in [0.25, 0.3) is 0 Å². The number of hydrogen-bond acceptors (Lipinski definition) is 4. The zero-order valence-electron chi connectivity index (χ0n) is 11.3. The van der Waals surface area contributed by atoms with Crippen LogP contribution >= 0.6 is 0 Å². The Balaban J connectivity index is 0.00000180. The van der Waals surface area contributed by atoms with E-state index in [0.29, 0.717) is 18.4 Å². The number of rotatable bonds is 3. The number of cyclic esters (lactones) is 1. The van der Waals surface area contributed by atoms with E-state index in [9.17, 15) is 9.59 Å². The van der Waals surface area contributed by atoms with E-state index in [1.807, 2.05) is 0 Å². The molecule has 98 valence electrons. The second-order valence-electron chi connectivity index (χ2n) is 4.80. The maximum atomic E-state index is 11.8. The predicted octanol–water partition coefficient (Wildman–Crippen LogP) is -1.33. The summed E-state index contributed by atoms with van der Waals surface area (Å²) in [5.41, 5.74) is 0. The number of allylic oxidation sites excluding steroid dienone is 2. The zero-order chi connectivity index (χ0) is 13.0. The fraction of sp³-hybridized carbons (Fsp3) is 0.571. The van der Waals surface area contributed by atoms with E-state index < -0.39 is 5.97 Å². The van der Waals surface area contributed by atoms with Crippen LogP contribution in [-0.4, -0.2) is 25.2 Å². The molecule has 0 bridgehead atoms. The van der Waals surface area contributed by atoms with E-state index in [0.717, 1.165) is 19.3 Å². The van der Waals surface area contributed by atoms with Crippen molar-refractivity contribution in [2.45, 2.75) is 19.3 Å². The van der Waals surface area contributed by atoms with Crippen molar-refractivity contribution in [3.05, 3.63) is 24.8 Å². The molecule has 1 aliphatic heterocycles. The third-order valence-corrected chi connectivity index (χ3v) is 3.63. The maximum Gasteiger partial charge on any atom is 1.00 e. The summed E-state index contributed by atoms with van der Waals surface area (Å²) in [5, 5.41) is 0. The zero-order valence-corrected chi connectivity index (χ0v) is 16.2. The van der Waals surface area contributed by atoms with Gasteiger partial charge in [-0.3, -0.25) is 16.2 Å². The Kier molecular flexibility index (Phi) is 7.73. The van der Waals surface area contributed by atoms with E-state index >= 15 is 0 Å². The fourth-order valence-corrected chi connectivity index (χ4v) is 2.55. The molecule has 19 heavy (non-hydrogen) atoms. The Morgan fingerprint density at radius 2 is 2.11 bits per heavy atom. The Labute approximate surface area is 162 Å². The van der Waals surface area contributed by atoms with Crippen molar-refractivity contribution in [1.29, 1.82) is 0 Å². The number of ether oxygens (including phenoxy) is 2. The van der Waals surface area contributed by atoms with Crippen LogP contribution in [0, 0.1) is 23.8 Å². The summed E-state index contributed by atoms with van der Waals surface area (Å²) in [5.74, 6) is -0.388. The van der Waals surface area contributed by atoms with Gasteiger partial charge in [-0.15, -0.1) is 0 Å². The topological polar surface area (TPSA) is 52.6 Å². The first-order chi connectivity index (χ1) is 8.70. The molecule has 0 aromatic rings. The van der Waals surface area contributed by atoms with Gasteiger partial charge in [0, 0.05) is 0 Å². The van der Waals surface area contributed by atoms with Gasteiger partial charge in [-0.2, -0.15) is 0 Å². The van der Waals surface area contributed by atoms with Gasteiger partial charge in [-0.25, -0.2) is 0 Å². The van der Waals surface area contributed by atoms with Gasteiger partial charge in [-0.1, -0.05) is 12.2 Å². The van der Waals surface area contributed by atoms with Crippen molar-refractivity contribution in [3.63, 3.8) is 0 Å². The van der Waals surface area contributed by atoms with Gasteiger partial charge >= 0.3 is 64.2 Å². The third kappa shape index (κ3) is 4.92. The van der Waals surface area contributed by atoms with Crippen molar-refractivity contribution in [1.82, 2.24) is 0 Å². The molecule has 1 fully saturated rings. The number of carbonyl (C=O) groups is 2. The van der Waals surface area contributed by atoms with Gasteiger partial charge in [0.25, 0.3) is 0 Å². The molecule has 1 aliphatic carbocycles. The van der Waals surface area contributed by atoms with Gasteiger partial charge in [0.1, 0.15) is 12.6 Å². The summed E-state index contributed by atoms with van der Waals surface area (Å²) >= 11 is 0. The van der Waals surface area contributed by atoms with Gasteiger partial charge in [0.15, 0.2) is 0 Å². The van der Waals surface area contributed by atoms with Crippen molar-refractivity contribution in [3.8, 4) is 0 Å². The van der Waals surface area contributed by atoms with E-state index in [-0.39, 0.29) is 76.7 Å². The molecule has 0 aromatic carbocycles. The van der Waals surface area contributed by atoms with Crippen molar-refractivity contribution < 1.29 is 77.3 Å². The molecule has 0 amide bonds. The standard InChI is InChI=1S/C14H17O4.Rb/c1-2-13(15)17-9-12-7-10-5-3-4-6-11(10)8-18-14(12)16;/h3-4,10-12H,1,5-9H2;/q-1;+1. The molecule has 0 spiro atoms. The van der Waals surface area contributed by atoms with Crippen LogP contribution in [-0.2, 0) is 19.1 Å². The van der Waals surface area contributed by atoms with Gasteiger partial charge in [-0.05, 0) is 31.1 Å². The monoisotopic (exact) mass is 334 g/mol. The minimum absolute atomic E-state index is 0. The smallest absolute Gasteiger partial charge is 0.489 e. The summed E-state index contributed by atoms with van der Waals surface area (Å²) in [6.07, 6.45) is 9.06. The van der Waals surface area contributed by atoms with Crippen LogP contribution < -0.4 is 58.2 Å². The summed E-state index contributed by atoms with van der Waals surface area (Å²) in [4.78, 5) is 22.8. The van der Waals surface area contributed by atoms with Gasteiger partial charge < -0.3 is 15.5 Å². The average molecular weight is 335 g/mol. The fourth-order valence-electron chi connectivity index (χ4n) is 2.55. The molecule has 2 rings (SSSR count). The summed E-state index contributed by atoms with van der Waals surface area (Å²) in [7, 11) is 0. The quantitative estimate of drug-likeness (QED) is 0.278. The van der Waals surface area contributed by atoms with Crippen molar-refractivity contribution in [2.24, 2.45) is 17.8 Å². The number of hydrogen-bond donors (Lipinski definition) is 0. The molecule has 1 saturated heterocycles. The van der Waals surface area contributed by atoms with Crippen LogP contribution in [0.4, 0.5) is 0 Å². The average Bonchev–Trinajstić information content (AvgIpc) is 2.56. The maximum absolute atomic E-state index is 11.8. The van der Waals surface area contributed by atoms with Crippen LogP contribution in [0.3, 0.4) is 0 Å². The van der Waals surface area contributed by atoms with Gasteiger partial charge in [0.05, 0.1) is 12.5 Å². The molecule has 0 aromatic heterocycles. The largest absolute Gasteiger partial charge is 1.00 e. The van der Waals surface area contributed by atoms with E-state index in [1.54, 1.807) is 0 Å². The molecular weight excluding hydrogens is 318 g/mol. The SMILES string of the molecule is C=[C-]C(=O)OCC1CC2CC=CCC2COC1=O.[Rb+]. The molecule has 3 atom stereocenters. The Hall–Kier alpha value is 0.225. The van der Waals surface area contributed by atoms with Crippen LogP contribution in [0.1, 0.15) is 19.3 Å². The molecule has 5 heteroatoms. The second kappa shape index (κ2) is 8.50. The van der Waals surface area contributed by atoms with Gasteiger partial charge in [0.2, 0.25) is 0 Å². The predicted molar refractivity (Wildman–Crippen MR) is 64.2 cm³/mol. The number of fused-ring (bicyclic) bond motifs is 1. The van der Waals surface area contributed by atoms with Crippen LogP contribution in [0.2, 0.25) is 0 Å². The summed E-state index contributed by atoms with van der Waals surface area (Å²) in [6, 6.07) is 0. The Morgan fingerprint density at radius 3 is 2.79 bits per heavy atom. The van der Waals surface area contributed by atoms with E-state index in [1.165, 1.54) is 0 Å². The molecule has 0 N–H and O–H groups in total. The first-order valence-corrected chi connectivity index (χ1v) is 6.22. The molecular formula is C14H17O4Rb. The Morgan fingerprint density at radius 1 is 1.42 bits per heavy atom. The van der Waals surface area contributed by atoms with Crippen LogP contribution in [0.5, 0.6) is 0 Å². The molecule has 3 unspecified atom stereocenters. The second-order valence-corrected chi connectivity index (χ2v) is 4.80. The molecule has 2 aliphatic rings. The van der Waals surface area contributed by atoms with Crippen molar-refractivity contribution in [2.75, 3.05) is 13.2 Å². The Bertz CT molecular complexity index is 378. The third-order valence-electron chi connectivity index (χ3n) is 3.63. The summed E-state index contributed by atoms with van der Waals surface area (Å²) < 4.78 is 10.2. The van der Waals surface area contributed by atoms with E-state index in [4.69, 9.17) is 9.47 Å². The minimum Gasteiger partial charge on any atom is -0.489 e. The van der Waals surface area contributed by atoms with E-state index in [2.05, 4.69) is 24.8 Å². The first-order valence-electron chi connectivity index (χ1n) is 6.22. The van der Waals surface area contributed by atoms with Crippen molar-refractivity contribution >= 4 is 11.9 Å².